The van der Waals surface area contributed by atoms with E-state index in [9.17, 15) is 9.18 Å². The maximum absolute atomic E-state index is 13.4. The van der Waals surface area contributed by atoms with Crippen LogP contribution in [0.1, 0.15) is 11.1 Å². The van der Waals surface area contributed by atoms with Crippen molar-refractivity contribution in [2.24, 2.45) is 0 Å². The van der Waals surface area contributed by atoms with Crippen molar-refractivity contribution < 1.29 is 19.1 Å². The number of fused-ring (bicyclic) bond motifs is 1. The van der Waals surface area contributed by atoms with E-state index in [1.807, 2.05) is 48.5 Å². The van der Waals surface area contributed by atoms with Crippen LogP contribution >= 0.6 is 11.6 Å². The molecule has 0 saturated carbocycles. The molecule has 39 heavy (non-hydrogen) atoms. The minimum Gasteiger partial charge on any atom is -0.487 e. The number of hydroxylamine groups is 1. The van der Waals surface area contributed by atoms with Gasteiger partial charge in [-0.25, -0.2) is 19.8 Å². The van der Waals surface area contributed by atoms with E-state index in [1.54, 1.807) is 35.8 Å². The van der Waals surface area contributed by atoms with Crippen molar-refractivity contribution in [1.29, 1.82) is 0 Å². The molecule has 3 N–H and O–H groups in total. The normalized spacial score (nSPS) is 11.1. The third-order valence-electron chi connectivity index (χ3n) is 5.89. The van der Waals surface area contributed by atoms with Gasteiger partial charge in [0.1, 0.15) is 30.3 Å². The molecule has 5 aromatic rings. The van der Waals surface area contributed by atoms with Crippen LogP contribution in [0.3, 0.4) is 0 Å². The highest BCUT2D eigenvalue weighted by Gasteiger charge is 2.09. The summed E-state index contributed by atoms with van der Waals surface area (Å²) in [4.78, 5) is 20.0. The number of aromatic nitrogens is 2. The molecular weight excluding hydrogens is 519 g/mol. The number of amides is 1. The lowest BCUT2D eigenvalue weighted by atomic mass is 10.0. The lowest BCUT2D eigenvalue weighted by molar-refractivity contribution is -0.124. The molecule has 4 aromatic carbocycles. The molecule has 1 aromatic heterocycles. The molecule has 0 bridgehead atoms. The fourth-order valence-electron chi connectivity index (χ4n) is 3.95. The fourth-order valence-corrected chi connectivity index (χ4v) is 4.19. The SMILES string of the molecule is O=C(C=Cc1ccc(-c2ccc3ncnc(Nc4ccc(OCc5cccc(F)c5)c(Cl)c4)c3c2)cc1)NO. The summed E-state index contributed by atoms with van der Waals surface area (Å²) in [5.41, 5.74) is 6.50. The molecule has 0 radical (unpaired) electrons. The average Bonchev–Trinajstić information content (AvgIpc) is 2.96. The average molecular weight is 541 g/mol. The van der Waals surface area contributed by atoms with E-state index in [1.165, 1.54) is 24.5 Å². The Balaban J connectivity index is 1.34. The van der Waals surface area contributed by atoms with Gasteiger partial charge < -0.3 is 10.1 Å². The highest BCUT2D eigenvalue weighted by atomic mass is 35.5. The molecule has 1 amide bonds. The van der Waals surface area contributed by atoms with Crippen molar-refractivity contribution in [2.45, 2.75) is 6.61 Å². The monoisotopic (exact) mass is 540 g/mol. The second-order valence-corrected chi connectivity index (χ2v) is 8.98. The molecule has 0 fully saturated rings. The van der Waals surface area contributed by atoms with E-state index in [2.05, 4.69) is 15.3 Å². The Kier molecular flexibility index (Phi) is 7.77. The minimum absolute atomic E-state index is 0.193. The molecule has 0 unspecified atom stereocenters. The number of hydrogen-bond donors (Lipinski definition) is 3. The third-order valence-corrected chi connectivity index (χ3v) is 6.19. The first-order valence-electron chi connectivity index (χ1n) is 11.9. The van der Waals surface area contributed by atoms with Crippen LogP contribution < -0.4 is 15.5 Å². The molecule has 0 aliphatic carbocycles. The van der Waals surface area contributed by atoms with Gasteiger partial charge in [-0.1, -0.05) is 54.1 Å². The summed E-state index contributed by atoms with van der Waals surface area (Å²) < 4.78 is 19.2. The minimum atomic E-state index is -0.596. The third kappa shape index (κ3) is 6.38. The zero-order valence-corrected chi connectivity index (χ0v) is 21.2. The number of rotatable bonds is 8. The number of nitrogens with zero attached hydrogens (tertiary/aromatic N) is 2. The van der Waals surface area contributed by atoms with Gasteiger partial charge >= 0.3 is 0 Å². The summed E-state index contributed by atoms with van der Waals surface area (Å²) in [6, 6.07) is 25.1. The van der Waals surface area contributed by atoms with Crippen molar-refractivity contribution in [2.75, 3.05) is 5.32 Å². The Morgan fingerprint density at radius 3 is 2.56 bits per heavy atom. The summed E-state index contributed by atoms with van der Waals surface area (Å²) in [6.07, 6.45) is 4.34. The Labute approximate surface area is 228 Å². The van der Waals surface area contributed by atoms with Crippen LogP contribution in [0.15, 0.2) is 97.3 Å². The Morgan fingerprint density at radius 1 is 0.974 bits per heavy atom. The number of hydrogen-bond acceptors (Lipinski definition) is 6. The smallest absolute Gasteiger partial charge is 0.267 e. The Morgan fingerprint density at radius 2 is 1.79 bits per heavy atom. The van der Waals surface area contributed by atoms with Crippen molar-refractivity contribution >= 4 is 46.0 Å². The Bertz CT molecular complexity index is 1680. The first-order valence-corrected chi connectivity index (χ1v) is 12.3. The molecule has 0 aliphatic heterocycles. The molecule has 7 nitrogen and oxygen atoms in total. The Hall–Kier alpha value is -4.79. The summed E-state index contributed by atoms with van der Waals surface area (Å²) in [7, 11) is 0. The van der Waals surface area contributed by atoms with E-state index in [4.69, 9.17) is 21.5 Å². The largest absolute Gasteiger partial charge is 0.487 e. The zero-order valence-electron chi connectivity index (χ0n) is 20.4. The summed E-state index contributed by atoms with van der Waals surface area (Å²) in [5.74, 6) is 0.180. The second-order valence-electron chi connectivity index (χ2n) is 8.57. The number of carbonyl (C=O) groups is 1. The number of carbonyl (C=O) groups excluding carboxylic acids is 1. The van der Waals surface area contributed by atoms with Crippen molar-refractivity contribution in [1.82, 2.24) is 15.4 Å². The van der Waals surface area contributed by atoms with Gasteiger partial charge in [0.25, 0.3) is 5.91 Å². The highest BCUT2D eigenvalue weighted by Crippen LogP contribution is 2.32. The number of halogens is 2. The molecule has 0 spiro atoms. The topological polar surface area (TPSA) is 96.4 Å². The van der Waals surface area contributed by atoms with Gasteiger partial charge in [-0.05, 0) is 70.8 Å². The molecule has 5 rings (SSSR count). The van der Waals surface area contributed by atoms with Crippen LogP contribution in [0.4, 0.5) is 15.9 Å². The molecule has 9 heteroatoms. The van der Waals surface area contributed by atoms with Crippen LogP contribution in [-0.4, -0.2) is 21.1 Å². The maximum atomic E-state index is 13.4. The van der Waals surface area contributed by atoms with E-state index in [0.717, 1.165) is 27.6 Å². The van der Waals surface area contributed by atoms with Crippen LogP contribution in [0, 0.1) is 5.82 Å². The number of anilines is 2. The van der Waals surface area contributed by atoms with Crippen molar-refractivity contribution in [3.63, 3.8) is 0 Å². The number of ether oxygens (including phenoxy) is 1. The molecule has 194 valence electrons. The highest BCUT2D eigenvalue weighted by molar-refractivity contribution is 6.32. The maximum Gasteiger partial charge on any atom is 0.267 e. The lowest BCUT2D eigenvalue weighted by Gasteiger charge is -2.12. The van der Waals surface area contributed by atoms with E-state index in [0.29, 0.717) is 27.8 Å². The summed E-state index contributed by atoms with van der Waals surface area (Å²) in [5, 5.41) is 13.1. The van der Waals surface area contributed by atoms with Gasteiger partial charge in [-0.2, -0.15) is 0 Å². The predicted octanol–water partition coefficient (Wildman–Crippen LogP) is 6.93. The van der Waals surface area contributed by atoms with Crippen molar-refractivity contribution in [3.8, 4) is 16.9 Å². The standard InChI is InChI=1S/C30H22ClFN4O3/c31-26-16-24(10-12-28(26)39-17-20-2-1-3-23(32)14-20)35-30-25-15-22(9-11-27(25)33-18-34-30)21-7-4-19(5-8-21)6-13-29(37)36-38/h1-16,18,38H,17H2,(H,36,37)(H,33,34,35). The quantitative estimate of drug-likeness (QED) is 0.112. The molecular formula is C30H22ClFN4O3. The fraction of sp³-hybridized carbons (Fsp3) is 0.0333. The van der Waals surface area contributed by atoms with Gasteiger partial charge in [-0.15, -0.1) is 0 Å². The van der Waals surface area contributed by atoms with E-state index >= 15 is 0 Å². The van der Waals surface area contributed by atoms with Gasteiger partial charge in [0.05, 0.1) is 10.5 Å². The van der Waals surface area contributed by atoms with Gasteiger partial charge in [0, 0.05) is 17.1 Å². The first-order chi connectivity index (χ1) is 19.0. The van der Waals surface area contributed by atoms with Crippen molar-refractivity contribution in [3.05, 3.63) is 119 Å². The molecule has 0 saturated heterocycles. The lowest BCUT2D eigenvalue weighted by Crippen LogP contribution is -2.14. The number of benzene rings is 4. The van der Waals surface area contributed by atoms with E-state index < -0.39 is 5.91 Å². The van der Waals surface area contributed by atoms with Crippen LogP contribution in [0.5, 0.6) is 5.75 Å². The second kappa shape index (κ2) is 11.7. The summed E-state index contributed by atoms with van der Waals surface area (Å²) >= 11 is 6.47. The molecule has 0 atom stereocenters. The number of nitrogens with one attached hydrogen (secondary N) is 2. The predicted molar refractivity (Wildman–Crippen MR) is 149 cm³/mol. The van der Waals surface area contributed by atoms with Gasteiger partial charge in [0.15, 0.2) is 0 Å². The van der Waals surface area contributed by atoms with Crippen LogP contribution in [-0.2, 0) is 11.4 Å². The van der Waals surface area contributed by atoms with Gasteiger partial charge in [-0.3, -0.25) is 10.0 Å². The van der Waals surface area contributed by atoms with Crippen LogP contribution in [0.25, 0.3) is 28.1 Å². The van der Waals surface area contributed by atoms with E-state index in [-0.39, 0.29) is 12.4 Å². The molecule has 0 aliphatic rings. The first kappa shape index (κ1) is 25.8. The molecule has 1 heterocycles. The van der Waals surface area contributed by atoms with Crippen LogP contribution in [0.2, 0.25) is 5.02 Å². The zero-order chi connectivity index (χ0) is 27.2. The summed E-state index contributed by atoms with van der Waals surface area (Å²) in [6.45, 7) is 0.193. The van der Waals surface area contributed by atoms with Gasteiger partial charge in [0.2, 0.25) is 0 Å².